The Morgan fingerprint density at radius 1 is 0.846 bits per heavy atom. The number of benzene rings is 3. The van der Waals surface area contributed by atoms with E-state index in [1.54, 1.807) is 0 Å². The third-order valence-corrected chi connectivity index (χ3v) is 5.55. The van der Waals surface area contributed by atoms with Crippen molar-refractivity contribution >= 4 is 53.7 Å². The molecular formula is C22H19Br2NO. The van der Waals surface area contributed by atoms with Gasteiger partial charge in [0.25, 0.3) is 0 Å². The molecule has 4 aromatic rings. The van der Waals surface area contributed by atoms with Gasteiger partial charge in [-0.25, -0.2) is 0 Å². The molecule has 1 heterocycles. The summed E-state index contributed by atoms with van der Waals surface area (Å²) in [7, 11) is 0. The number of para-hydroxylation sites is 1. The quantitative estimate of drug-likeness (QED) is 0.304. The van der Waals surface area contributed by atoms with Crippen molar-refractivity contribution in [3.05, 3.63) is 75.7 Å². The molecular weight excluding hydrogens is 454 g/mol. The van der Waals surface area contributed by atoms with Gasteiger partial charge >= 0.3 is 0 Å². The molecule has 0 saturated heterocycles. The number of hydrogen-bond donors (Lipinski definition) is 0. The van der Waals surface area contributed by atoms with Gasteiger partial charge in [-0.3, -0.25) is 0 Å². The molecule has 2 nitrogen and oxygen atoms in total. The number of hydrogen-bond acceptors (Lipinski definition) is 1. The molecule has 1 unspecified atom stereocenters. The number of fused-ring (bicyclic) bond motifs is 3. The highest BCUT2D eigenvalue weighted by Gasteiger charge is 2.14. The van der Waals surface area contributed by atoms with E-state index in [1.165, 1.54) is 21.8 Å². The lowest BCUT2D eigenvalue weighted by Gasteiger charge is -2.16. The van der Waals surface area contributed by atoms with Crippen molar-refractivity contribution in [2.75, 3.05) is 6.61 Å². The second-order valence-electron chi connectivity index (χ2n) is 6.66. The molecule has 0 N–H and O–H groups in total. The molecule has 0 bridgehead atoms. The fourth-order valence-corrected chi connectivity index (χ4v) is 4.09. The predicted octanol–water partition coefficient (Wildman–Crippen LogP) is 7.03. The van der Waals surface area contributed by atoms with E-state index in [1.807, 2.05) is 30.3 Å². The Morgan fingerprint density at radius 3 is 2.00 bits per heavy atom. The summed E-state index contributed by atoms with van der Waals surface area (Å²) in [6.07, 6.45) is 0. The molecule has 0 aliphatic carbocycles. The largest absolute Gasteiger partial charge is 0.493 e. The molecule has 0 saturated carbocycles. The molecule has 0 radical (unpaired) electrons. The van der Waals surface area contributed by atoms with Gasteiger partial charge in [-0.2, -0.15) is 0 Å². The maximum atomic E-state index is 5.95. The van der Waals surface area contributed by atoms with Crippen LogP contribution in [0.3, 0.4) is 0 Å². The molecule has 0 aliphatic rings. The van der Waals surface area contributed by atoms with E-state index in [4.69, 9.17) is 4.74 Å². The van der Waals surface area contributed by atoms with E-state index in [2.05, 4.69) is 79.7 Å². The fraction of sp³-hybridized carbons (Fsp3) is 0.182. The van der Waals surface area contributed by atoms with Crippen molar-refractivity contribution < 1.29 is 4.74 Å². The Hall–Kier alpha value is -1.78. The Labute approximate surface area is 170 Å². The third kappa shape index (κ3) is 3.53. The van der Waals surface area contributed by atoms with E-state index in [-0.39, 0.29) is 0 Å². The van der Waals surface area contributed by atoms with Crippen LogP contribution in [0.1, 0.15) is 6.92 Å². The summed E-state index contributed by atoms with van der Waals surface area (Å²) in [6, 6.07) is 23.0. The van der Waals surface area contributed by atoms with Gasteiger partial charge in [0, 0.05) is 43.2 Å². The average Bonchev–Trinajstić information content (AvgIpc) is 2.93. The lowest BCUT2D eigenvalue weighted by Crippen LogP contribution is -2.15. The third-order valence-electron chi connectivity index (χ3n) is 4.56. The van der Waals surface area contributed by atoms with Gasteiger partial charge in [0.1, 0.15) is 5.75 Å². The molecule has 3 aromatic carbocycles. The Morgan fingerprint density at radius 2 is 1.42 bits per heavy atom. The highest BCUT2D eigenvalue weighted by Crippen LogP contribution is 2.33. The zero-order chi connectivity index (χ0) is 18.1. The van der Waals surface area contributed by atoms with Crippen LogP contribution in [-0.4, -0.2) is 11.2 Å². The Kier molecular flexibility index (Phi) is 5.05. The molecule has 26 heavy (non-hydrogen) atoms. The van der Waals surface area contributed by atoms with Crippen molar-refractivity contribution in [1.29, 1.82) is 0 Å². The summed E-state index contributed by atoms with van der Waals surface area (Å²) >= 11 is 7.21. The van der Waals surface area contributed by atoms with Gasteiger partial charge in [0.2, 0.25) is 0 Å². The Bertz CT molecular complexity index is 997. The van der Waals surface area contributed by atoms with Gasteiger partial charge in [0.15, 0.2) is 0 Å². The number of nitrogens with zero attached hydrogens (tertiary/aromatic N) is 1. The van der Waals surface area contributed by atoms with Crippen molar-refractivity contribution in [2.24, 2.45) is 5.92 Å². The first-order chi connectivity index (χ1) is 12.6. The molecule has 1 aromatic heterocycles. The van der Waals surface area contributed by atoms with Crippen molar-refractivity contribution in [1.82, 2.24) is 4.57 Å². The first-order valence-electron chi connectivity index (χ1n) is 8.66. The molecule has 4 rings (SSSR count). The summed E-state index contributed by atoms with van der Waals surface area (Å²) in [6.45, 7) is 3.84. The van der Waals surface area contributed by atoms with Gasteiger partial charge in [-0.05, 0) is 48.5 Å². The average molecular weight is 473 g/mol. The van der Waals surface area contributed by atoms with E-state index in [9.17, 15) is 0 Å². The summed E-state index contributed by atoms with van der Waals surface area (Å²) in [5.41, 5.74) is 2.51. The fourth-order valence-electron chi connectivity index (χ4n) is 3.36. The minimum Gasteiger partial charge on any atom is -0.493 e. The molecule has 0 fully saturated rings. The molecule has 132 valence electrons. The summed E-state index contributed by atoms with van der Waals surface area (Å²) in [5, 5.41) is 2.54. The van der Waals surface area contributed by atoms with Crippen LogP contribution in [0.2, 0.25) is 0 Å². The Balaban J connectivity index is 1.66. The molecule has 1 atom stereocenters. The standard InChI is InChI=1S/C22H19Br2NO/c1-15(14-26-18-5-3-2-4-6-18)13-25-21-9-7-16(23)11-19(21)20-12-17(24)8-10-22(20)25/h2-12,15H,13-14H2,1H3. The molecule has 0 spiro atoms. The zero-order valence-corrected chi connectivity index (χ0v) is 17.6. The monoisotopic (exact) mass is 471 g/mol. The molecule has 0 aliphatic heterocycles. The number of halogens is 2. The summed E-state index contributed by atoms with van der Waals surface area (Å²) in [5.74, 6) is 1.32. The van der Waals surface area contributed by atoms with Crippen LogP contribution in [0, 0.1) is 5.92 Å². The highest BCUT2D eigenvalue weighted by atomic mass is 79.9. The number of ether oxygens (including phenoxy) is 1. The first-order valence-corrected chi connectivity index (χ1v) is 10.3. The lowest BCUT2D eigenvalue weighted by molar-refractivity contribution is 0.247. The van der Waals surface area contributed by atoms with Crippen LogP contribution in [0.4, 0.5) is 0 Å². The van der Waals surface area contributed by atoms with E-state index < -0.39 is 0 Å². The topological polar surface area (TPSA) is 14.2 Å². The summed E-state index contributed by atoms with van der Waals surface area (Å²) < 4.78 is 10.6. The van der Waals surface area contributed by atoms with Crippen molar-refractivity contribution in [3.8, 4) is 5.75 Å². The normalized spacial score (nSPS) is 12.6. The van der Waals surface area contributed by atoms with Crippen LogP contribution in [0.15, 0.2) is 75.7 Å². The number of aromatic nitrogens is 1. The maximum Gasteiger partial charge on any atom is 0.119 e. The minimum absolute atomic E-state index is 0.390. The zero-order valence-electron chi connectivity index (χ0n) is 14.5. The van der Waals surface area contributed by atoms with E-state index in [0.717, 1.165) is 21.2 Å². The molecule has 0 amide bonds. The lowest BCUT2D eigenvalue weighted by atomic mass is 10.2. The highest BCUT2D eigenvalue weighted by molar-refractivity contribution is 9.10. The minimum atomic E-state index is 0.390. The van der Waals surface area contributed by atoms with Gasteiger partial charge < -0.3 is 9.30 Å². The van der Waals surface area contributed by atoms with Crippen LogP contribution >= 0.6 is 31.9 Å². The number of rotatable bonds is 5. The maximum absolute atomic E-state index is 5.95. The molecule has 4 heteroatoms. The van der Waals surface area contributed by atoms with Crippen molar-refractivity contribution in [2.45, 2.75) is 13.5 Å². The first kappa shape index (κ1) is 17.6. The second-order valence-corrected chi connectivity index (χ2v) is 8.49. The predicted molar refractivity (Wildman–Crippen MR) is 116 cm³/mol. The van der Waals surface area contributed by atoms with Crippen LogP contribution in [0.25, 0.3) is 21.8 Å². The van der Waals surface area contributed by atoms with Crippen LogP contribution in [0.5, 0.6) is 5.75 Å². The van der Waals surface area contributed by atoms with Gasteiger partial charge in [0.05, 0.1) is 6.61 Å². The smallest absolute Gasteiger partial charge is 0.119 e. The SMILES string of the molecule is CC(COc1ccccc1)Cn1c2ccc(Br)cc2c2cc(Br)ccc21. The van der Waals surface area contributed by atoms with Crippen LogP contribution < -0.4 is 4.74 Å². The summed E-state index contributed by atoms with van der Waals surface area (Å²) in [4.78, 5) is 0. The van der Waals surface area contributed by atoms with Crippen molar-refractivity contribution in [3.63, 3.8) is 0 Å². The van der Waals surface area contributed by atoms with Crippen LogP contribution in [-0.2, 0) is 6.54 Å². The van der Waals surface area contributed by atoms with Gasteiger partial charge in [-0.15, -0.1) is 0 Å². The van der Waals surface area contributed by atoms with E-state index >= 15 is 0 Å². The van der Waals surface area contributed by atoms with Gasteiger partial charge in [-0.1, -0.05) is 57.0 Å². The van der Waals surface area contributed by atoms with E-state index in [0.29, 0.717) is 12.5 Å². The second kappa shape index (κ2) is 7.45.